The van der Waals surface area contributed by atoms with E-state index in [2.05, 4.69) is 15.3 Å². The number of nitrogens with zero attached hydrogens (tertiary/aromatic N) is 1. The van der Waals surface area contributed by atoms with Gasteiger partial charge in [-0.1, -0.05) is 0 Å². The molecule has 0 bridgehead atoms. The summed E-state index contributed by atoms with van der Waals surface area (Å²) in [6, 6.07) is 0. The Morgan fingerprint density at radius 1 is 1.27 bits per heavy atom. The second-order valence-corrected chi connectivity index (χ2v) is 5.65. The van der Waals surface area contributed by atoms with E-state index in [-0.39, 0.29) is 35.3 Å². The molecule has 0 saturated carbocycles. The highest BCUT2D eigenvalue weighted by molar-refractivity contribution is 5.93. The summed E-state index contributed by atoms with van der Waals surface area (Å²) >= 11 is 0. The van der Waals surface area contributed by atoms with E-state index in [1.165, 1.54) is 19.3 Å². The number of aromatic amines is 3. The Labute approximate surface area is 148 Å². The van der Waals surface area contributed by atoms with Gasteiger partial charge >= 0.3 is 5.97 Å². The maximum absolute atomic E-state index is 11.6. The third-order valence-electron chi connectivity index (χ3n) is 3.73. The number of hydrogen-bond donors (Lipinski definition) is 3. The molecule has 1 fully saturated rings. The van der Waals surface area contributed by atoms with Crippen molar-refractivity contribution in [2.24, 2.45) is 0 Å². The molecule has 3 heterocycles. The fourth-order valence-corrected chi connectivity index (χ4v) is 2.43. The molecule has 0 amide bonds. The number of carbonyl (C=O) groups is 2. The Kier molecular flexibility index (Phi) is 6.73. The Hall–Kier alpha value is -2.88. The first-order chi connectivity index (χ1) is 12.4. The van der Waals surface area contributed by atoms with E-state index >= 15 is 0 Å². The van der Waals surface area contributed by atoms with Crippen LogP contribution in [0, 0.1) is 0 Å². The van der Waals surface area contributed by atoms with Gasteiger partial charge in [0.25, 0.3) is 11.1 Å². The molecule has 1 unspecified atom stereocenters. The zero-order chi connectivity index (χ0) is 19.1. The zero-order valence-corrected chi connectivity index (χ0v) is 14.7. The van der Waals surface area contributed by atoms with E-state index in [1.807, 2.05) is 0 Å². The van der Waals surface area contributed by atoms with Crippen LogP contribution < -0.4 is 11.1 Å². The average Bonchev–Trinajstić information content (AvgIpc) is 3.22. The van der Waals surface area contributed by atoms with Gasteiger partial charge in [-0.25, -0.2) is 4.79 Å². The van der Waals surface area contributed by atoms with Gasteiger partial charge in [0.2, 0.25) is 0 Å². The maximum Gasteiger partial charge on any atom is 0.345 e. The second kappa shape index (κ2) is 8.99. The van der Waals surface area contributed by atoms with Crippen molar-refractivity contribution in [3.05, 3.63) is 44.2 Å². The Bertz CT molecular complexity index is 852. The lowest BCUT2D eigenvalue weighted by molar-refractivity contribution is -0.0397. The highest BCUT2D eigenvalue weighted by Gasteiger charge is 2.20. The van der Waals surface area contributed by atoms with E-state index in [1.54, 1.807) is 11.6 Å². The molecular weight excluding hydrogens is 344 g/mol. The van der Waals surface area contributed by atoms with Crippen molar-refractivity contribution in [2.45, 2.75) is 39.3 Å². The van der Waals surface area contributed by atoms with Crippen LogP contribution in [-0.4, -0.2) is 44.9 Å². The van der Waals surface area contributed by atoms with Crippen molar-refractivity contribution >= 4 is 11.8 Å². The molecule has 142 valence electrons. The van der Waals surface area contributed by atoms with Gasteiger partial charge in [0, 0.05) is 19.0 Å². The lowest BCUT2D eigenvalue weighted by Crippen LogP contribution is -2.20. The maximum atomic E-state index is 11.6. The van der Waals surface area contributed by atoms with Crippen LogP contribution in [0.3, 0.4) is 0 Å². The van der Waals surface area contributed by atoms with Crippen LogP contribution in [0.5, 0.6) is 0 Å². The predicted molar refractivity (Wildman–Crippen MR) is 91.3 cm³/mol. The zero-order valence-electron chi connectivity index (χ0n) is 14.7. The molecule has 1 aliphatic rings. The number of carbonyl (C=O) groups excluding carboxylic acids is 2. The van der Waals surface area contributed by atoms with Crippen LogP contribution in [-0.2, 0) is 9.47 Å². The number of H-pyrrole nitrogens is 3. The van der Waals surface area contributed by atoms with Gasteiger partial charge in [0.15, 0.2) is 5.78 Å². The minimum absolute atomic E-state index is 0.0287. The molecule has 0 spiro atoms. The fourth-order valence-electron chi connectivity index (χ4n) is 2.43. The summed E-state index contributed by atoms with van der Waals surface area (Å²) in [5.74, 6) is -0.819. The molecule has 1 atom stereocenters. The number of ether oxygens (including phenoxy) is 2. The summed E-state index contributed by atoms with van der Waals surface area (Å²) < 4.78 is 11.9. The first-order valence-corrected chi connectivity index (χ1v) is 8.31. The van der Waals surface area contributed by atoms with Crippen LogP contribution in [0.25, 0.3) is 0 Å². The number of rotatable bonds is 4. The van der Waals surface area contributed by atoms with E-state index in [9.17, 15) is 19.2 Å². The predicted octanol–water partition coefficient (Wildman–Crippen LogP) is 0.958. The van der Waals surface area contributed by atoms with Crippen LogP contribution >= 0.6 is 0 Å². The number of ketones is 1. The minimum Gasteiger partial charge on any atom is -0.462 e. The molecule has 26 heavy (non-hydrogen) atoms. The molecule has 0 radical (unpaired) electrons. The largest absolute Gasteiger partial charge is 0.462 e. The first-order valence-electron chi connectivity index (χ1n) is 8.31. The van der Waals surface area contributed by atoms with Crippen LogP contribution in [0.15, 0.2) is 22.0 Å². The lowest BCUT2D eigenvalue weighted by atomic mass is 10.2. The van der Waals surface area contributed by atoms with Crippen molar-refractivity contribution < 1.29 is 19.1 Å². The summed E-state index contributed by atoms with van der Waals surface area (Å²) in [4.78, 5) is 44.1. The topological polar surface area (TPSA) is 139 Å². The van der Waals surface area contributed by atoms with Gasteiger partial charge in [-0.15, -0.1) is 0 Å². The van der Waals surface area contributed by atoms with Crippen molar-refractivity contribution in [3.8, 4) is 0 Å². The quantitative estimate of drug-likeness (QED) is 0.544. The van der Waals surface area contributed by atoms with Gasteiger partial charge in [-0.2, -0.15) is 0 Å². The summed E-state index contributed by atoms with van der Waals surface area (Å²) in [6.45, 7) is 3.98. The standard InChI is InChI=1S/C11H16N2O4.C5H6N2O2/c1-2-16-11(15)8-7-13(12-10(8)14)9-5-3-4-6-17-9;1-3(8)4-2-6-7-5(4)9/h7,9H,2-6H2,1H3,(H,12,14);2H,1H3,(H2,6,7,9). The number of aromatic nitrogens is 4. The highest BCUT2D eigenvalue weighted by Crippen LogP contribution is 2.21. The monoisotopic (exact) mass is 366 g/mol. The van der Waals surface area contributed by atoms with Crippen molar-refractivity contribution in [3.63, 3.8) is 0 Å². The van der Waals surface area contributed by atoms with E-state index < -0.39 is 11.5 Å². The van der Waals surface area contributed by atoms with Gasteiger partial charge < -0.3 is 14.6 Å². The molecule has 2 aromatic rings. The molecule has 10 nitrogen and oxygen atoms in total. The van der Waals surface area contributed by atoms with Crippen LogP contribution in [0.1, 0.15) is 60.1 Å². The van der Waals surface area contributed by atoms with Crippen molar-refractivity contribution in [2.75, 3.05) is 13.2 Å². The molecule has 1 saturated heterocycles. The lowest BCUT2D eigenvalue weighted by Gasteiger charge is -2.23. The van der Waals surface area contributed by atoms with Crippen LogP contribution in [0.4, 0.5) is 0 Å². The molecule has 0 aliphatic carbocycles. The molecule has 1 aliphatic heterocycles. The van der Waals surface area contributed by atoms with E-state index in [4.69, 9.17) is 9.47 Å². The van der Waals surface area contributed by atoms with Gasteiger partial charge in [0.05, 0.1) is 6.61 Å². The Morgan fingerprint density at radius 2 is 2.04 bits per heavy atom. The summed E-state index contributed by atoms with van der Waals surface area (Å²) in [5.41, 5.74) is -0.587. The molecule has 3 N–H and O–H groups in total. The summed E-state index contributed by atoms with van der Waals surface area (Å²) in [6.07, 6.45) is 5.57. The number of Topliss-reactive ketones (excluding diaryl/α,β-unsaturated/α-hetero) is 1. The number of hydrogen-bond acceptors (Lipinski definition) is 6. The molecule has 0 aromatic carbocycles. The molecular formula is C16H22N4O6. The number of esters is 1. The average molecular weight is 366 g/mol. The Morgan fingerprint density at radius 3 is 2.54 bits per heavy atom. The van der Waals surface area contributed by atoms with E-state index in [0.29, 0.717) is 6.61 Å². The van der Waals surface area contributed by atoms with Gasteiger partial charge in [-0.05, 0) is 33.1 Å². The minimum atomic E-state index is -0.594. The highest BCUT2D eigenvalue weighted by atomic mass is 16.5. The third-order valence-corrected chi connectivity index (χ3v) is 3.73. The summed E-state index contributed by atoms with van der Waals surface area (Å²) in [5, 5.41) is 7.26. The Balaban J connectivity index is 0.000000228. The van der Waals surface area contributed by atoms with Gasteiger partial charge in [-0.3, -0.25) is 29.3 Å². The van der Waals surface area contributed by atoms with Gasteiger partial charge in [0.1, 0.15) is 17.4 Å². The van der Waals surface area contributed by atoms with E-state index in [0.717, 1.165) is 19.3 Å². The summed E-state index contributed by atoms with van der Waals surface area (Å²) in [7, 11) is 0. The third kappa shape index (κ3) is 4.82. The van der Waals surface area contributed by atoms with Crippen molar-refractivity contribution in [1.82, 2.24) is 20.0 Å². The molecule has 10 heteroatoms. The second-order valence-electron chi connectivity index (χ2n) is 5.65. The molecule has 2 aromatic heterocycles. The normalized spacial score (nSPS) is 16.5. The smallest absolute Gasteiger partial charge is 0.345 e. The SMILES string of the molecule is CC(=O)c1c[nH][nH]c1=O.CCOC(=O)c1cn(C2CCCCO2)[nH]c1=O. The molecule has 3 rings (SSSR count). The first kappa shape index (κ1) is 19.4. The van der Waals surface area contributed by atoms with Crippen LogP contribution in [0.2, 0.25) is 0 Å². The number of nitrogens with one attached hydrogen (secondary N) is 3. The van der Waals surface area contributed by atoms with Crippen molar-refractivity contribution in [1.29, 1.82) is 0 Å². The fraction of sp³-hybridized carbons (Fsp3) is 0.500.